The molecule has 0 aliphatic heterocycles. The van der Waals surface area contributed by atoms with Crippen molar-refractivity contribution < 1.29 is 4.48 Å². The zero-order valence-electron chi connectivity index (χ0n) is 19.5. The van der Waals surface area contributed by atoms with E-state index >= 15 is 0 Å². The molecule has 160 valence electrons. The van der Waals surface area contributed by atoms with Gasteiger partial charge in [0.05, 0.1) is 20.1 Å². The summed E-state index contributed by atoms with van der Waals surface area (Å²) in [4.78, 5) is 0. The Morgan fingerprint density at radius 1 is 0.750 bits per heavy atom. The fraction of sp³-hybridized carbons (Fsp3) is 0.704. The first kappa shape index (κ1) is 25.0. The number of quaternary nitrogens is 1. The van der Waals surface area contributed by atoms with Crippen molar-refractivity contribution >= 4 is 0 Å². The second-order valence-corrected chi connectivity index (χ2v) is 9.29. The van der Waals surface area contributed by atoms with Gasteiger partial charge in [0.25, 0.3) is 0 Å². The molecule has 28 heavy (non-hydrogen) atoms. The summed E-state index contributed by atoms with van der Waals surface area (Å²) in [7, 11) is 4.76. The Balaban J connectivity index is 1.99. The van der Waals surface area contributed by atoms with Crippen molar-refractivity contribution in [2.75, 3.05) is 14.1 Å². The van der Waals surface area contributed by atoms with Crippen molar-refractivity contribution in [2.45, 2.75) is 110 Å². The van der Waals surface area contributed by atoms with Gasteiger partial charge < -0.3 is 4.48 Å². The third-order valence-corrected chi connectivity index (χ3v) is 6.26. The number of allylic oxidation sites excluding steroid dienone is 2. The summed E-state index contributed by atoms with van der Waals surface area (Å²) in [5, 5.41) is 0. The number of unbranched alkanes of at least 4 members (excludes halogenated alkanes) is 10. The number of hydrogen-bond acceptors (Lipinski definition) is 0. The fourth-order valence-corrected chi connectivity index (χ4v) is 3.89. The van der Waals surface area contributed by atoms with Crippen molar-refractivity contribution in [1.29, 1.82) is 0 Å². The highest BCUT2D eigenvalue weighted by atomic mass is 15.3. The Labute approximate surface area is 176 Å². The van der Waals surface area contributed by atoms with Crippen LogP contribution in [-0.2, 0) is 6.54 Å². The molecule has 1 aromatic rings. The van der Waals surface area contributed by atoms with E-state index in [-0.39, 0.29) is 0 Å². The van der Waals surface area contributed by atoms with Crippen molar-refractivity contribution in [1.82, 2.24) is 0 Å². The summed E-state index contributed by atoms with van der Waals surface area (Å²) < 4.78 is 1.09. The number of nitrogens with zero attached hydrogens (tertiary/aromatic N) is 1. The van der Waals surface area contributed by atoms with Gasteiger partial charge in [0.2, 0.25) is 0 Å². The monoisotopic (exact) mass is 386 g/mol. The first-order valence-electron chi connectivity index (χ1n) is 12.1. The van der Waals surface area contributed by atoms with Gasteiger partial charge in [-0.3, -0.25) is 0 Å². The number of benzene rings is 1. The molecule has 0 spiro atoms. The topological polar surface area (TPSA) is 0 Å². The molecule has 0 saturated heterocycles. The highest BCUT2D eigenvalue weighted by molar-refractivity contribution is 5.13. The van der Waals surface area contributed by atoms with Gasteiger partial charge in [-0.1, -0.05) is 94.4 Å². The zero-order valence-corrected chi connectivity index (χ0v) is 19.5. The van der Waals surface area contributed by atoms with Gasteiger partial charge in [-0.05, 0) is 45.4 Å². The molecule has 1 atom stereocenters. The van der Waals surface area contributed by atoms with Gasteiger partial charge in [-0.25, -0.2) is 0 Å². The lowest BCUT2D eigenvalue weighted by atomic mass is 10.0. The average molecular weight is 387 g/mol. The predicted octanol–water partition coefficient (Wildman–Crippen LogP) is 8.30. The summed E-state index contributed by atoms with van der Waals surface area (Å²) in [6.07, 6.45) is 22.7. The molecule has 0 heterocycles. The second-order valence-electron chi connectivity index (χ2n) is 9.29. The fourth-order valence-electron chi connectivity index (χ4n) is 3.89. The molecule has 1 unspecified atom stereocenters. The van der Waals surface area contributed by atoms with E-state index in [2.05, 4.69) is 70.4 Å². The third-order valence-electron chi connectivity index (χ3n) is 6.26. The molecule has 0 aliphatic carbocycles. The largest absolute Gasteiger partial charge is 0.323 e. The lowest BCUT2D eigenvalue weighted by Gasteiger charge is -2.36. The molecule has 0 aromatic heterocycles. The predicted molar refractivity (Wildman–Crippen MR) is 127 cm³/mol. The van der Waals surface area contributed by atoms with Crippen molar-refractivity contribution in [3.8, 4) is 0 Å². The van der Waals surface area contributed by atoms with Crippen molar-refractivity contribution in [3.63, 3.8) is 0 Å². The van der Waals surface area contributed by atoms with E-state index in [0.29, 0.717) is 0 Å². The maximum absolute atomic E-state index is 2.43. The summed E-state index contributed by atoms with van der Waals surface area (Å²) >= 11 is 0. The van der Waals surface area contributed by atoms with E-state index in [9.17, 15) is 0 Å². The average Bonchev–Trinajstić information content (AvgIpc) is 2.68. The molecule has 0 aliphatic rings. The first-order chi connectivity index (χ1) is 13.6. The molecule has 0 amide bonds. The molecule has 1 aromatic carbocycles. The second kappa shape index (κ2) is 15.8. The molecule has 0 radical (unpaired) electrons. The smallest absolute Gasteiger partial charge is 0.104 e. The lowest BCUT2D eigenvalue weighted by Crippen LogP contribution is -2.46. The summed E-state index contributed by atoms with van der Waals surface area (Å²) in [6.45, 7) is 5.84. The molecule has 0 fully saturated rings. The summed E-state index contributed by atoms with van der Waals surface area (Å²) in [5.41, 5.74) is 1.45. The minimum atomic E-state index is 0.720. The molecule has 0 N–H and O–H groups in total. The number of hydrogen-bond donors (Lipinski definition) is 0. The zero-order chi connectivity index (χ0) is 20.5. The van der Waals surface area contributed by atoms with Crippen LogP contribution in [0.4, 0.5) is 0 Å². The van der Waals surface area contributed by atoms with Crippen LogP contribution >= 0.6 is 0 Å². The highest BCUT2D eigenvalue weighted by Crippen LogP contribution is 2.19. The van der Waals surface area contributed by atoms with Gasteiger partial charge in [-0.2, -0.15) is 0 Å². The van der Waals surface area contributed by atoms with Crippen LogP contribution in [0.2, 0.25) is 0 Å². The number of rotatable bonds is 17. The van der Waals surface area contributed by atoms with Crippen LogP contribution in [-0.4, -0.2) is 24.6 Å². The maximum Gasteiger partial charge on any atom is 0.104 e. The summed E-state index contributed by atoms with van der Waals surface area (Å²) in [5.74, 6) is 0. The molecule has 0 saturated carbocycles. The quantitative estimate of drug-likeness (QED) is 0.143. The van der Waals surface area contributed by atoms with E-state index in [4.69, 9.17) is 0 Å². The van der Waals surface area contributed by atoms with Gasteiger partial charge in [0.15, 0.2) is 0 Å². The van der Waals surface area contributed by atoms with Crippen LogP contribution in [0.5, 0.6) is 0 Å². The normalized spacial score (nSPS) is 13.3. The van der Waals surface area contributed by atoms with Crippen LogP contribution in [0.15, 0.2) is 42.5 Å². The van der Waals surface area contributed by atoms with Crippen LogP contribution in [0.3, 0.4) is 0 Å². The van der Waals surface area contributed by atoms with Crippen molar-refractivity contribution in [2.24, 2.45) is 0 Å². The van der Waals surface area contributed by atoms with E-state index in [1.807, 2.05) is 0 Å². The minimum absolute atomic E-state index is 0.720. The van der Waals surface area contributed by atoms with Crippen molar-refractivity contribution in [3.05, 3.63) is 48.0 Å². The molecule has 1 rings (SSSR count). The Bertz CT molecular complexity index is 488. The van der Waals surface area contributed by atoms with E-state index in [1.165, 1.54) is 89.0 Å². The first-order valence-corrected chi connectivity index (χ1v) is 12.1. The van der Waals surface area contributed by atoms with Crippen LogP contribution in [0, 0.1) is 0 Å². The Hall–Kier alpha value is -1.08. The SMILES string of the molecule is CCCCCCCC/C=C\CCCCCCC(C)[N+](C)(C)Cc1ccccc1. The Morgan fingerprint density at radius 3 is 1.89 bits per heavy atom. The molecular formula is C27H48N+. The Morgan fingerprint density at radius 2 is 1.29 bits per heavy atom. The molecular weight excluding hydrogens is 338 g/mol. The third kappa shape index (κ3) is 12.4. The molecule has 0 bridgehead atoms. The summed E-state index contributed by atoms with van der Waals surface area (Å²) in [6, 6.07) is 11.7. The van der Waals surface area contributed by atoms with Gasteiger partial charge in [-0.15, -0.1) is 0 Å². The molecule has 1 nitrogen and oxygen atoms in total. The van der Waals surface area contributed by atoms with E-state index in [1.54, 1.807) is 0 Å². The maximum atomic E-state index is 2.43. The standard InChI is InChI=1S/C27H48N/c1-5-6-7-8-9-10-11-12-13-14-15-16-17-19-22-26(2)28(3,4)25-27-23-20-18-21-24-27/h12-13,18,20-21,23-24,26H,5-11,14-17,19,22,25H2,1-4H3/q+1/b13-12-. The lowest BCUT2D eigenvalue weighted by molar-refractivity contribution is -0.926. The van der Waals surface area contributed by atoms with Gasteiger partial charge in [0.1, 0.15) is 6.54 Å². The minimum Gasteiger partial charge on any atom is -0.323 e. The highest BCUT2D eigenvalue weighted by Gasteiger charge is 2.23. The van der Waals surface area contributed by atoms with Crippen LogP contribution in [0.25, 0.3) is 0 Å². The van der Waals surface area contributed by atoms with E-state index in [0.717, 1.165) is 17.1 Å². The van der Waals surface area contributed by atoms with Gasteiger partial charge in [0, 0.05) is 5.56 Å². The van der Waals surface area contributed by atoms with Crippen LogP contribution in [0.1, 0.15) is 103 Å². The Kier molecular flexibility index (Phi) is 14.1. The van der Waals surface area contributed by atoms with Crippen LogP contribution < -0.4 is 0 Å². The van der Waals surface area contributed by atoms with Gasteiger partial charge >= 0.3 is 0 Å². The van der Waals surface area contributed by atoms with E-state index < -0.39 is 0 Å². The molecule has 1 heteroatoms.